The molecule has 1 amide bonds. The van der Waals surface area contributed by atoms with Crippen LogP contribution in [0.25, 0.3) is 0 Å². The number of fused-ring (bicyclic) bond motifs is 1. The molecule has 2 aliphatic rings. The van der Waals surface area contributed by atoms with Crippen molar-refractivity contribution in [3.05, 3.63) is 65.2 Å². The van der Waals surface area contributed by atoms with Gasteiger partial charge in [-0.05, 0) is 50.1 Å². The van der Waals surface area contributed by atoms with Crippen LogP contribution >= 0.6 is 0 Å². The van der Waals surface area contributed by atoms with Gasteiger partial charge in [0.15, 0.2) is 0 Å². The van der Waals surface area contributed by atoms with E-state index in [1.54, 1.807) is 26.0 Å². The van der Waals surface area contributed by atoms with E-state index in [0.29, 0.717) is 30.8 Å². The summed E-state index contributed by atoms with van der Waals surface area (Å²) in [5.41, 5.74) is 1.19. The van der Waals surface area contributed by atoms with Crippen molar-refractivity contribution >= 4 is 5.91 Å². The molecule has 2 aromatic rings. The third-order valence-electron chi connectivity index (χ3n) is 5.80. The maximum absolute atomic E-state index is 13.2. The van der Waals surface area contributed by atoms with Crippen molar-refractivity contribution < 1.29 is 24.1 Å². The minimum atomic E-state index is -0.913. The summed E-state index contributed by atoms with van der Waals surface area (Å²) in [6, 6.07) is 15.5. The molecule has 4 rings (SSSR count). The molecule has 1 N–H and O–H groups in total. The van der Waals surface area contributed by atoms with Crippen LogP contribution in [0.1, 0.15) is 41.8 Å². The number of rotatable bonds is 5. The van der Waals surface area contributed by atoms with Gasteiger partial charge in [0.1, 0.15) is 30.9 Å². The number of hydrogen-bond acceptors (Lipinski definition) is 5. The van der Waals surface area contributed by atoms with Gasteiger partial charge in [0, 0.05) is 18.5 Å². The highest BCUT2D eigenvalue weighted by Gasteiger charge is 2.51. The molecule has 30 heavy (non-hydrogen) atoms. The molecule has 0 saturated carbocycles. The molecule has 6 heteroatoms. The summed E-state index contributed by atoms with van der Waals surface area (Å²) in [6.45, 7) is 6.82. The van der Waals surface area contributed by atoms with Crippen LogP contribution < -0.4 is 4.74 Å². The summed E-state index contributed by atoms with van der Waals surface area (Å²) in [4.78, 5) is 15.0. The molecule has 160 valence electrons. The number of carbonyl (C=O) groups excluding carboxylic acids is 1. The Morgan fingerprint density at radius 3 is 2.73 bits per heavy atom. The molecular formula is C24H29NO5. The van der Waals surface area contributed by atoms with Crippen molar-refractivity contribution in [3.63, 3.8) is 0 Å². The molecule has 2 fully saturated rings. The first-order valence-electron chi connectivity index (χ1n) is 10.3. The van der Waals surface area contributed by atoms with Crippen LogP contribution in [0.2, 0.25) is 0 Å². The number of carbonyl (C=O) groups is 1. The molecule has 2 aromatic carbocycles. The molecule has 2 saturated heterocycles. The fourth-order valence-electron chi connectivity index (χ4n) is 4.17. The number of nitrogens with zero attached hydrogens (tertiary/aromatic N) is 1. The van der Waals surface area contributed by atoms with Crippen molar-refractivity contribution in [1.29, 1.82) is 0 Å². The van der Waals surface area contributed by atoms with Crippen molar-refractivity contribution in [2.24, 2.45) is 0 Å². The Hall–Kier alpha value is -2.41. The summed E-state index contributed by atoms with van der Waals surface area (Å²) in [7, 11) is 0. The lowest BCUT2D eigenvalue weighted by molar-refractivity contribution is -0.0439. The van der Waals surface area contributed by atoms with E-state index in [4.69, 9.17) is 14.2 Å². The number of aliphatic hydroxyl groups is 1. The first-order chi connectivity index (χ1) is 14.3. The van der Waals surface area contributed by atoms with E-state index in [-0.39, 0.29) is 25.4 Å². The van der Waals surface area contributed by atoms with Gasteiger partial charge in [-0.2, -0.15) is 0 Å². The predicted octanol–water partition coefficient (Wildman–Crippen LogP) is 3.26. The Labute approximate surface area is 177 Å². The highest BCUT2D eigenvalue weighted by molar-refractivity contribution is 5.94. The van der Waals surface area contributed by atoms with Gasteiger partial charge in [-0.25, -0.2) is 0 Å². The number of amides is 1. The number of aryl methyl sites for hydroxylation is 1. The van der Waals surface area contributed by atoms with Crippen LogP contribution in [0.15, 0.2) is 48.5 Å². The van der Waals surface area contributed by atoms with Crippen molar-refractivity contribution in [3.8, 4) is 5.75 Å². The lowest BCUT2D eigenvalue weighted by Crippen LogP contribution is -2.53. The molecule has 0 aliphatic carbocycles. The van der Waals surface area contributed by atoms with Gasteiger partial charge in [-0.15, -0.1) is 0 Å². The topological polar surface area (TPSA) is 68.2 Å². The molecule has 2 unspecified atom stereocenters. The normalized spacial score (nSPS) is 23.9. The zero-order valence-corrected chi connectivity index (χ0v) is 17.8. The van der Waals surface area contributed by atoms with Crippen LogP contribution in [0.4, 0.5) is 0 Å². The van der Waals surface area contributed by atoms with Gasteiger partial charge >= 0.3 is 0 Å². The molecule has 0 spiro atoms. The molecular weight excluding hydrogens is 382 g/mol. The number of likely N-dealkylation sites (tertiary alicyclic amines) is 1. The van der Waals surface area contributed by atoms with E-state index in [2.05, 4.69) is 12.1 Å². The van der Waals surface area contributed by atoms with Gasteiger partial charge in [-0.1, -0.05) is 30.3 Å². The molecule has 6 nitrogen and oxygen atoms in total. The number of benzene rings is 2. The number of ether oxygens (including phenoxy) is 3. The standard InChI is InChI=1S/C24H29NO5/c1-17-13-18(9-10-20(17)28-15-23(2,3)27)22(26)25-12-11-24(19-7-5-4-6-8-19)21(14-25)29-16-30-24/h4-10,13,21,27H,11-12,14-16H2,1-3H3. The smallest absolute Gasteiger partial charge is 0.253 e. The molecule has 2 aliphatic heterocycles. The van der Waals surface area contributed by atoms with Gasteiger partial charge < -0.3 is 24.2 Å². The van der Waals surface area contributed by atoms with Crippen LogP contribution in [0.5, 0.6) is 5.75 Å². The minimum Gasteiger partial charge on any atom is -0.490 e. The number of piperidine rings is 1. The van der Waals surface area contributed by atoms with E-state index < -0.39 is 11.2 Å². The van der Waals surface area contributed by atoms with Gasteiger partial charge in [0.2, 0.25) is 0 Å². The first kappa shape index (κ1) is 20.8. The van der Waals surface area contributed by atoms with Crippen molar-refractivity contribution in [1.82, 2.24) is 4.90 Å². The quantitative estimate of drug-likeness (QED) is 0.818. The highest BCUT2D eigenvalue weighted by Crippen LogP contribution is 2.42. The minimum absolute atomic E-state index is 0.0238. The maximum atomic E-state index is 13.2. The summed E-state index contributed by atoms with van der Waals surface area (Å²) >= 11 is 0. The highest BCUT2D eigenvalue weighted by atomic mass is 16.7. The summed E-state index contributed by atoms with van der Waals surface area (Å²) < 4.78 is 17.6. The first-order valence-corrected chi connectivity index (χ1v) is 10.3. The van der Waals surface area contributed by atoms with Gasteiger partial charge in [-0.3, -0.25) is 4.79 Å². The van der Waals surface area contributed by atoms with Crippen LogP contribution in [-0.2, 0) is 15.1 Å². The second-order valence-electron chi connectivity index (χ2n) is 8.76. The fraction of sp³-hybridized carbons (Fsp3) is 0.458. The SMILES string of the molecule is Cc1cc(C(=O)N2CCC3(c4ccccc4)OCOC3C2)ccc1OCC(C)(C)O. The summed E-state index contributed by atoms with van der Waals surface area (Å²) in [5, 5.41) is 9.85. The monoisotopic (exact) mass is 411 g/mol. The van der Waals surface area contributed by atoms with Crippen LogP contribution in [0, 0.1) is 6.92 Å². The fourth-order valence-corrected chi connectivity index (χ4v) is 4.17. The average molecular weight is 411 g/mol. The average Bonchev–Trinajstić information content (AvgIpc) is 3.16. The molecule has 2 atom stereocenters. The predicted molar refractivity (Wildman–Crippen MR) is 112 cm³/mol. The van der Waals surface area contributed by atoms with Gasteiger partial charge in [0.05, 0.1) is 12.1 Å². The van der Waals surface area contributed by atoms with Crippen LogP contribution in [0.3, 0.4) is 0 Å². The van der Waals surface area contributed by atoms with E-state index >= 15 is 0 Å². The Morgan fingerprint density at radius 2 is 2.03 bits per heavy atom. The zero-order valence-electron chi connectivity index (χ0n) is 17.8. The van der Waals surface area contributed by atoms with E-state index in [0.717, 1.165) is 11.1 Å². The Morgan fingerprint density at radius 1 is 1.27 bits per heavy atom. The largest absolute Gasteiger partial charge is 0.490 e. The Bertz CT molecular complexity index is 908. The van der Waals surface area contributed by atoms with E-state index in [9.17, 15) is 9.90 Å². The Kier molecular flexibility index (Phi) is 5.57. The zero-order chi connectivity index (χ0) is 21.4. The second kappa shape index (κ2) is 8.02. The second-order valence-corrected chi connectivity index (χ2v) is 8.76. The van der Waals surface area contributed by atoms with Gasteiger partial charge in [0.25, 0.3) is 5.91 Å². The molecule has 0 aromatic heterocycles. The van der Waals surface area contributed by atoms with E-state index in [1.807, 2.05) is 36.1 Å². The molecule has 0 radical (unpaired) electrons. The number of hydrogen-bond donors (Lipinski definition) is 1. The lowest BCUT2D eigenvalue weighted by Gasteiger charge is -2.42. The third kappa shape index (κ3) is 4.08. The molecule has 0 bridgehead atoms. The maximum Gasteiger partial charge on any atom is 0.253 e. The summed E-state index contributed by atoms with van der Waals surface area (Å²) in [6.07, 6.45) is 0.507. The van der Waals surface area contributed by atoms with Crippen LogP contribution in [-0.4, -0.2) is 54.1 Å². The third-order valence-corrected chi connectivity index (χ3v) is 5.80. The molecule has 2 heterocycles. The Balaban J connectivity index is 1.47. The van der Waals surface area contributed by atoms with Crippen molar-refractivity contribution in [2.45, 2.75) is 44.5 Å². The van der Waals surface area contributed by atoms with E-state index in [1.165, 1.54) is 0 Å². The van der Waals surface area contributed by atoms with Crippen molar-refractivity contribution in [2.75, 3.05) is 26.5 Å². The summed E-state index contributed by atoms with van der Waals surface area (Å²) in [5.74, 6) is 0.646. The lowest BCUT2D eigenvalue weighted by atomic mass is 9.82.